The predicted octanol–water partition coefficient (Wildman–Crippen LogP) is 2.81. The standard InChI is InChI=1S/C19H29F2N5.HI/c1-22-19(23-9-5-12-25-10-2-3-11-25)24-15-8-13-26(14-15)18-16(20)6-4-7-17(18)21;/h4,6-7,15H,2-3,5,8-14H2,1H3,(H2,22,23,24);1H. The minimum atomic E-state index is -0.505. The number of likely N-dealkylation sites (tertiary alicyclic amines) is 1. The zero-order valence-corrected chi connectivity index (χ0v) is 18.2. The van der Waals surface area contributed by atoms with Crippen molar-refractivity contribution >= 4 is 35.6 Å². The first-order valence-corrected chi connectivity index (χ1v) is 9.56. The van der Waals surface area contributed by atoms with Crippen molar-refractivity contribution in [3.05, 3.63) is 29.8 Å². The van der Waals surface area contributed by atoms with Crippen molar-refractivity contribution in [2.45, 2.75) is 31.7 Å². The Morgan fingerprint density at radius 2 is 1.89 bits per heavy atom. The van der Waals surface area contributed by atoms with Crippen LogP contribution in [0.3, 0.4) is 0 Å². The molecule has 8 heteroatoms. The molecule has 1 unspecified atom stereocenters. The molecule has 1 atom stereocenters. The van der Waals surface area contributed by atoms with E-state index in [1.165, 1.54) is 44.1 Å². The molecule has 2 heterocycles. The van der Waals surface area contributed by atoms with Crippen molar-refractivity contribution in [2.24, 2.45) is 4.99 Å². The second kappa shape index (κ2) is 11.0. The molecule has 1 aromatic rings. The molecule has 0 bridgehead atoms. The average molecular weight is 493 g/mol. The number of rotatable bonds is 6. The number of benzene rings is 1. The van der Waals surface area contributed by atoms with Crippen molar-refractivity contribution in [1.29, 1.82) is 0 Å². The molecule has 2 aliphatic heterocycles. The highest BCUT2D eigenvalue weighted by Crippen LogP contribution is 2.26. The van der Waals surface area contributed by atoms with Crippen LogP contribution >= 0.6 is 24.0 Å². The van der Waals surface area contributed by atoms with Crippen LogP contribution in [-0.2, 0) is 0 Å². The highest BCUT2D eigenvalue weighted by molar-refractivity contribution is 14.0. The van der Waals surface area contributed by atoms with Crippen LogP contribution in [0.25, 0.3) is 0 Å². The monoisotopic (exact) mass is 493 g/mol. The lowest BCUT2D eigenvalue weighted by Gasteiger charge is -2.21. The molecule has 0 amide bonds. The third-order valence-corrected chi connectivity index (χ3v) is 5.15. The molecule has 0 aliphatic carbocycles. The summed E-state index contributed by atoms with van der Waals surface area (Å²) < 4.78 is 27.9. The van der Waals surface area contributed by atoms with E-state index in [0.717, 1.165) is 31.9 Å². The van der Waals surface area contributed by atoms with E-state index >= 15 is 0 Å². The highest BCUT2D eigenvalue weighted by Gasteiger charge is 2.27. The Balaban J connectivity index is 0.00000261. The van der Waals surface area contributed by atoms with E-state index < -0.39 is 11.6 Å². The van der Waals surface area contributed by atoms with Gasteiger partial charge in [0.25, 0.3) is 0 Å². The minimum Gasteiger partial charge on any atom is -0.365 e. The van der Waals surface area contributed by atoms with Crippen LogP contribution in [0.2, 0.25) is 0 Å². The van der Waals surface area contributed by atoms with Crippen LogP contribution in [0, 0.1) is 11.6 Å². The zero-order valence-electron chi connectivity index (χ0n) is 15.9. The molecule has 152 valence electrons. The number of anilines is 1. The Morgan fingerprint density at radius 1 is 1.19 bits per heavy atom. The van der Waals surface area contributed by atoms with E-state index in [1.807, 2.05) is 0 Å². The fraction of sp³-hybridized carbons (Fsp3) is 0.632. The van der Waals surface area contributed by atoms with E-state index in [0.29, 0.717) is 13.1 Å². The third kappa shape index (κ3) is 6.17. The van der Waals surface area contributed by atoms with Gasteiger partial charge in [0.15, 0.2) is 5.96 Å². The van der Waals surface area contributed by atoms with Gasteiger partial charge >= 0.3 is 0 Å². The van der Waals surface area contributed by atoms with Gasteiger partial charge in [-0.15, -0.1) is 24.0 Å². The first kappa shape index (κ1) is 22.1. The van der Waals surface area contributed by atoms with Crippen molar-refractivity contribution in [3.8, 4) is 0 Å². The van der Waals surface area contributed by atoms with Crippen LogP contribution in [0.1, 0.15) is 25.7 Å². The van der Waals surface area contributed by atoms with Gasteiger partial charge in [-0.05, 0) is 57.5 Å². The summed E-state index contributed by atoms with van der Waals surface area (Å²) in [7, 11) is 1.75. The molecule has 0 saturated carbocycles. The zero-order chi connectivity index (χ0) is 18.4. The molecule has 0 spiro atoms. The topological polar surface area (TPSA) is 42.9 Å². The van der Waals surface area contributed by atoms with Crippen LogP contribution in [0.15, 0.2) is 23.2 Å². The quantitative estimate of drug-likeness (QED) is 0.277. The normalized spacial score (nSPS) is 20.6. The Labute approximate surface area is 177 Å². The Hall–Kier alpha value is -1.16. The smallest absolute Gasteiger partial charge is 0.191 e. The number of nitrogens with one attached hydrogen (secondary N) is 2. The van der Waals surface area contributed by atoms with Crippen molar-refractivity contribution in [1.82, 2.24) is 15.5 Å². The van der Waals surface area contributed by atoms with Crippen molar-refractivity contribution < 1.29 is 8.78 Å². The van der Waals surface area contributed by atoms with Crippen molar-refractivity contribution in [2.75, 3.05) is 51.2 Å². The van der Waals surface area contributed by atoms with Gasteiger partial charge in [0.2, 0.25) is 0 Å². The first-order chi connectivity index (χ1) is 12.7. The SMILES string of the molecule is CN=C(NCCCN1CCCC1)NC1CCN(c2c(F)cccc2F)C1.I. The lowest BCUT2D eigenvalue weighted by molar-refractivity contribution is 0.334. The fourth-order valence-electron chi connectivity index (χ4n) is 3.78. The first-order valence-electron chi connectivity index (χ1n) is 9.56. The summed E-state index contributed by atoms with van der Waals surface area (Å²) in [5.41, 5.74) is 0.0744. The molecular formula is C19H30F2IN5. The second-order valence-electron chi connectivity index (χ2n) is 7.05. The number of guanidine groups is 1. The Kier molecular flexibility index (Phi) is 9.01. The largest absolute Gasteiger partial charge is 0.365 e. The molecule has 2 saturated heterocycles. The second-order valence-corrected chi connectivity index (χ2v) is 7.05. The minimum absolute atomic E-state index is 0. The number of aliphatic imine (C=N–C) groups is 1. The number of hydrogen-bond donors (Lipinski definition) is 2. The summed E-state index contributed by atoms with van der Waals surface area (Å²) >= 11 is 0. The molecule has 0 radical (unpaired) electrons. The highest BCUT2D eigenvalue weighted by atomic mass is 127. The number of nitrogens with zero attached hydrogens (tertiary/aromatic N) is 3. The molecule has 1 aromatic carbocycles. The van der Waals surface area contributed by atoms with Crippen molar-refractivity contribution in [3.63, 3.8) is 0 Å². The summed E-state index contributed by atoms with van der Waals surface area (Å²) in [5.74, 6) is -0.252. The van der Waals surface area contributed by atoms with Gasteiger partial charge in [-0.1, -0.05) is 6.07 Å². The fourth-order valence-corrected chi connectivity index (χ4v) is 3.78. The van der Waals surface area contributed by atoms with E-state index in [1.54, 1.807) is 11.9 Å². The average Bonchev–Trinajstić information content (AvgIpc) is 3.29. The molecule has 27 heavy (non-hydrogen) atoms. The van der Waals surface area contributed by atoms with Gasteiger partial charge < -0.3 is 20.4 Å². The maximum Gasteiger partial charge on any atom is 0.191 e. The summed E-state index contributed by atoms with van der Waals surface area (Å²) in [5, 5.41) is 6.71. The van der Waals surface area contributed by atoms with Gasteiger partial charge in [0.1, 0.15) is 17.3 Å². The Morgan fingerprint density at radius 3 is 2.56 bits per heavy atom. The molecule has 5 nitrogen and oxygen atoms in total. The number of halogens is 3. The van der Waals surface area contributed by atoms with Crippen LogP contribution < -0.4 is 15.5 Å². The van der Waals surface area contributed by atoms with Crippen LogP contribution in [-0.4, -0.2) is 63.2 Å². The molecule has 2 aliphatic rings. The summed E-state index contributed by atoms with van der Waals surface area (Å²) in [6, 6.07) is 4.13. The molecule has 3 rings (SSSR count). The van der Waals surface area contributed by atoms with Gasteiger partial charge in [-0.2, -0.15) is 0 Å². The summed E-state index contributed by atoms with van der Waals surface area (Å²) in [4.78, 5) is 8.53. The molecule has 2 N–H and O–H groups in total. The third-order valence-electron chi connectivity index (χ3n) is 5.15. The Bertz CT molecular complexity index is 602. The summed E-state index contributed by atoms with van der Waals surface area (Å²) in [6.07, 6.45) is 4.54. The van der Waals surface area contributed by atoms with E-state index in [2.05, 4.69) is 20.5 Å². The van der Waals surface area contributed by atoms with E-state index in [9.17, 15) is 8.78 Å². The lowest BCUT2D eigenvalue weighted by Crippen LogP contribution is -2.45. The van der Waals surface area contributed by atoms with Gasteiger partial charge in [-0.25, -0.2) is 8.78 Å². The molecule has 2 fully saturated rings. The van der Waals surface area contributed by atoms with Gasteiger partial charge in [-0.3, -0.25) is 4.99 Å². The predicted molar refractivity (Wildman–Crippen MR) is 117 cm³/mol. The van der Waals surface area contributed by atoms with Gasteiger partial charge in [0, 0.05) is 32.7 Å². The van der Waals surface area contributed by atoms with E-state index in [-0.39, 0.29) is 35.7 Å². The number of hydrogen-bond acceptors (Lipinski definition) is 3. The lowest BCUT2D eigenvalue weighted by atomic mass is 10.2. The summed E-state index contributed by atoms with van der Waals surface area (Å²) in [6.45, 7) is 5.62. The maximum atomic E-state index is 13.9. The van der Waals surface area contributed by atoms with Gasteiger partial charge in [0.05, 0.1) is 0 Å². The maximum absolute atomic E-state index is 13.9. The van der Waals surface area contributed by atoms with Crippen LogP contribution in [0.5, 0.6) is 0 Å². The molecular weight excluding hydrogens is 463 g/mol. The van der Waals surface area contributed by atoms with Crippen LogP contribution in [0.4, 0.5) is 14.5 Å². The molecule has 0 aromatic heterocycles. The number of para-hydroxylation sites is 1. The van der Waals surface area contributed by atoms with E-state index in [4.69, 9.17) is 0 Å².